The van der Waals surface area contributed by atoms with Gasteiger partial charge in [-0.25, -0.2) is 9.44 Å². The zero-order valence-corrected chi connectivity index (χ0v) is 13.3. The number of carbonyl (C=O) groups is 1. The molecule has 1 N–H and O–H groups in total. The van der Waals surface area contributed by atoms with E-state index in [1.165, 1.54) is 0 Å². The number of amides is 1. The van der Waals surface area contributed by atoms with Crippen LogP contribution in [0.3, 0.4) is 0 Å². The fourth-order valence-corrected chi connectivity index (χ4v) is 3.65. The molecule has 1 fully saturated rings. The van der Waals surface area contributed by atoms with Crippen molar-refractivity contribution in [3.63, 3.8) is 0 Å². The first kappa shape index (κ1) is 14.3. The summed E-state index contributed by atoms with van der Waals surface area (Å²) in [5, 5.41) is 19.2. The normalized spacial score (nSPS) is 22.3. The van der Waals surface area contributed by atoms with E-state index in [9.17, 15) is 10.0 Å². The summed E-state index contributed by atoms with van der Waals surface area (Å²) in [7, 11) is 0. The maximum atomic E-state index is 13.2. The van der Waals surface area contributed by atoms with Crippen LogP contribution in [0.15, 0.2) is 47.6 Å². The maximum absolute atomic E-state index is 13.2. The fourth-order valence-electron chi connectivity index (χ4n) is 2.89. The molecule has 1 aromatic heterocycles. The number of quaternary nitrogens is 1. The van der Waals surface area contributed by atoms with Gasteiger partial charge in [0.1, 0.15) is 16.4 Å². The Morgan fingerprint density at radius 1 is 1.35 bits per heavy atom. The number of rotatable bonds is 3. The molecule has 2 aliphatic heterocycles. The lowest BCUT2D eigenvalue weighted by Crippen LogP contribution is -2.45. The van der Waals surface area contributed by atoms with Crippen LogP contribution in [0.4, 0.5) is 16.4 Å². The minimum atomic E-state index is -1.02. The van der Waals surface area contributed by atoms with Gasteiger partial charge in [0.05, 0.1) is 12.3 Å². The first-order chi connectivity index (χ1) is 11.1. The van der Waals surface area contributed by atoms with Gasteiger partial charge in [0.25, 0.3) is 0 Å². The number of anilines is 2. The molecule has 1 unspecified atom stereocenters. The zero-order chi connectivity index (χ0) is 16.0. The molecule has 0 spiro atoms. The van der Waals surface area contributed by atoms with Crippen LogP contribution in [0.25, 0.3) is 0 Å². The highest BCUT2D eigenvalue weighted by Gasteiger charge is 2.47. The molecule has 2 aliphatic rings. The van der Waals surface area contributed by atoms with E-state index in [2.05, 4.69) is 5.32 Å². The van der Waals surface area contributed by atoms with E-state index in [-0.39, 0.29) is 6.67 Å². The molecule has 3 heterocycles. The first-order valence-electron chi connectivity index (χ1n) is 7.32. The summed E-state index contributed by atoms with van der Waals surface area (Å²) in [5.74, 6) is 0.228. The molecular weight excluding hydrogens is 314 g/mol. The van der Waals surface area contributed by atoms with Crippen LogP contribution in [0.2, 0.25) is 0 Å². The molecule has 1 aromatic carbocycles. The van der Waals surface area contributed by atoms with E-state index < -0.39 is 10.6 Å². The van der Waals surface area contributed by atoms with Gasteiger partial charge in [-0.2, -0.15) is 0 Å². The molecule has 0 aliphatic carbocycles. The van der Waals surface area contributed by atoms with Gasteiger partial charge in [0, 0.05) is 18.3 Å². The van der Waals surface area contributed by atoms with E-state index in [0.29, 0.717) is 23.7 Å². The summed E-state index contributed by atoms with van der Waals surface area (Å²) in [4.78, 5) is 14.5. The number of nitrogens with zero attached hydrogens (tertiary/aromatic N) is 2. The number of hydrogen-bond donors (Lipinski definition) is 1. The summed E-state index contributed by atoms with van der Waals surface area (Å²) < 4.78 is 4.37. The second-order valence-corrected chi connectivity index (χ2v) is 6.27. The van der Waals surface area contributed by atoms with Crippen molar-refractivity contribution in [3.05, 3.63) is 52.8 Å². The Balaban J connectivity index is 1.71. The van der Waals surface area contributed by atoms with Gasteiger partial charge in [-0.1, -0.05) is 0 Å². The predicted molar refractivity (Wildman–Crippen MR) is 91.1 cm³/mol. The van der Waals surface area contributed by atoms with Crippen LogP contribution in [-0.4, -0.2) is 19.2 Å². The van der Waals surface area contributed by atoms with Crippen molar-refractivity contribution in [1.82, 2.24) is 4.65 Å². The minimum Gasteiger partial charge on any atom is -0.618 e. The molecule has 2 aromatic rings. The standard InChI is InChI=1S/C16H15N3O3S/c1-2-22-12-5-3-11(4-6-12)19(21)10-18-13-7-8-23-15(13)17-9-14(18)16(19)20/h3-9,17H,2,10H2,1H3. The molecule has 118 valence electrons. The Hall–Kier alpha value is -2.35. The summed E-state index contributed by atoms with van der Waals surface area (Å²) in [5.41, 5.74) is 1.69. The van der Waals surface area contributed by atoms with E-state index in [1.54, 1.807) is 46.7 Å². The Morgan fingerprint density at radius 2 is 2.13 bits per heavy atom. The Labute approximate surface area is 137 Å². The van der Waals surface area contributed by atoms with Crippen molar-refractivity contribution >= 4 is 33.6 Å². The lowest BCUT2D eigenvalue weighted by atomic mass is 10.2. The van der Waals surface area contributed by atoms with Gasteiger partial charge in [-0.15, -0.1) is 11.3 Å². The second-order valence-electron chi connectivity index (χ2n) is 5.35. The van der Waals surface area contributed by atoms with E-state index >= 15 is 0 Å². The summed E-state index contributed by atoms with van der Waals surface area (Å²) in [6.45, 7) is 2.50. The lowest BCUT2D eigenvalue weighted by molar-refractivity contribution is -0.122. The predicted octanol–water partition coefficient (Wildman–Crippen LogP) is 3.22. The van der Waals surface area contributed by atoms with Gasteiger partial charge in [0.2, 0.25) is 0 Å². The molecule has 6 nitrogen and oxygen atoms in total. The number of hydroxylamine groups is 2. The van der Waals surface area contributed by atoms with Crippen molar-refractivity contribution in [3.8, 4) is 5.75 Å². The topological polar surface area (TPSA) is 64.6 Å². The summed E-state index contributed by atoms with van der Waals surface area (Å²) in [6.07, 6.45) is 1.62. The molecular formula is C16H15N3O3S. The largest absolute Gasteiger partial charge is 0.618 e. The smallest absolute Gasteiger partial charge is 0.370 e. The van der Waals surface area contributed by atoms with Crippen LogP contribution < -0.4 is 19.6 Å². The number of carbonyl (C=O) groups excluding carboxylic acids is 1. The lowest BCUT2D eigenvalue weighted by Gasteiger charge is -2.34. The summed E-state index contributed by atoms with van der Waals surface area (Å²) >= 11 is 1.54. The molecule has 1 saturated heterocycles. The highest BCUT2D eigenvalue weighted by atomic mass is 32.1. The van der Waals surface area contributed by atoms with Crippen molar-refractivity contribution in [2.75, 3.05) is 23.5 Å². The molecule has 0 saturated carbocycles. The average Bonchev–Trinajstić information content (AvgIpc) is 3.13. The van der Waals surface area contributed by atoms with Crippen LogP contribution in [-0.2, 0) is 4.79 Å². The number of nitrogens with one attached hydrogen (secondary N) is 1. The molecule has 0 radical (unpaired) electrons. The van der Waals surface area contributed by atoms with Crippen molar-refractivity contribution in [2.45, 2.75) is 6.92 Å². The number of thiophene rings is 1. The highest BCUT2D eigenvalue weighted by molar-refractivity contribution is 7.15. The van der Waals surface area contributed by atoms with E-state index in [4.69, 9.17) is 4.74 Å². The summed E-state index contributed by atoms with van der Waals surface area (Å²) in [6, 6.07) is 8.70. The molecule has 7 heteroatoms. The quantitative estimate of drug-likeness (QED) is 0.692. The van der Waals surface area contributed by atoms with Crippen LogP contribution in [0, 0.1) is 5.21 Å². The van der Waals surface area contributed by atoms with Crippen LogP contribution in [0.5, 0.6) is 5.75 Å². The average molecular weight is 329 g/mol. The molecule has 4 rings (SSSR count). The van der Waals surface area contributed by atoms with Crippen molar-refractivity contribution in [1.29, 1.82) is 0 Å². The SMILES string of the molecule is CCOc1ccc([N+]2([O-])CN3C(=CNc4sccc43)C2=O)cc1. The molecule has 1 amide bonds. The molecule has 23 heavy (non-hydrogen) atoms. The fraction of sp³-hybridized carbons (Fsp3) is 0.188. The maximum Gasteiger partial charge on any atom is 0.370 e. The molecule has 1 atom stereocenters. The number of ether oxygens (including phenoxy) is 1. The number of fused-ring (bicyclic) bond motifs is 3. The Bertz CT molecular complexity index is 799. The Kier molecular flexibility index (Phi) is 3.15. The number of benzene rings is 1. The third kappa shape index (κ3) is 2.05. The van der Waals surface area contributed by atoms with Gasteiger partial charge in [-0.3, -0.25) is 4.90 Å². The van der Waals surface area contributed by atoms with Crippen molar-refractivity contribution in [2.24, 2.45) is 0 Å². The van der Waals surface area contributed by atoms with Crippen LogP contribution >= 0.6 is 11.3 Å². The number of hydrogen-bond acceptors (Lipinski definition) is 6. The zero-order valence-electron chi connectivity index (χ0n) is 12.5. The Morgan fingerprint density at radius 3 is 2.87 bits per heavy atom. The second kappa shape index (κ2) is 5.09. The van der Waals surface area contributed by atoms with Gasteiger partial charge in [-0.05, 0) is 30.5 Å². The monoisotopic (exact) mass is 329 g/mol. The third-order valence-electron chi connectivity index (χ3n) is 4.02. The van der Waals surface area contributed by atoms with Gasteiger partial charge >= 0.3 is 5.91 Å². The van der Waals surface area contributed by atoms with Gasteiger partial charge in [0.15, 0.2) is 12.4 Å². The minimum absolute atomic E-state index is 0.0457. The van der Waals surface area contributed by atoms with E-state index in [1.807, 2.05) is 18.4 Å². The van der Waals surface area contributed by atoms with Crippen LogP contribution in [0.1, 0.15) is 6.92 Å². The van der Waals surface area contributed by atoms with E-state index in [0.717, 1.165) is 10.7 Å². The first-order valence-corrected chi connectivity index (χ1v) is 8.20. The highest BCUT2D eigenvalue weighted by Crippen LogP contribution is 2.43. The van der Waals surface area contributed by atoms with Gasteiger partial charge < -0.3 is 15.3 Å². The third-order valence-corrected chi connectivity index (χ3v) is 4.85. The molecule has 0 bridgehead atoms. The van der Waals surface area contributed by atoms with Crippen molar-refractivity contribution < 1.29 is 9.53 Å².